The van der Waals surface area contributed by atoms with Crippen molar-refractivity contribution in [1.29, 1.82) is 0 Å². The van der Waals surface area contributed by atoms with E-state index in [4.69, 9.17) is 4.55 Å². The van der Waals surface area contributed by atoms with Gasteiger partial charge in [0.05, 0.1) is 0 Å². The number of Topliss-reactive ketones (excluding diaryl/α,β-unsaturated/α-hetero) is 1. The molecule has 1 aliphatic heterocycles. The van der Waals surface area contributed by atoms with E-state index in [1.165, 1.54) is 5.56 Å². The second-order valence-electron chi connectivity index (χ2n) is 10.8. The van der Waals surface area contributed by atoms with Gasteiger partial charge in [-0.05, 0) is 91.5 Å². The third kappa shape index (κ3) is 7.45. The number of aromatic nitrogens is 1. The van der Waals surface area contributed by atoms with Gasteiger partial charge >= 0.3 is 10.4 Å². The van der Waals surface area contributed by atoms with Crippen molar-refractivity contribution in [2.24, 2.45) is 17.3 Å². The summed E-state index contributed by atoms with van der Waals surface area (Å²) >= 11 is 0. The number of pyridine rings is 1. The molecule has 0 bridgehead atoms. The third-order valence-corrected chi connectivity index (χ3v) is 8.88. The van der Waals surface area contributed by atoms with Gasteiger partial charge in [0, 0.05) is 44.2 Å². The van der Waals surface area contributed by atoms with Gasteiger partial charge in [-0.25, -0.2) is 4.98 Å². The Morgan fingerprint density at radius 3 is 2.46 bits per heavy atom. The van der Waals surface area contributed by atoms with Gasteiger partial charge in [-0.3, -0.25) is 9.35 Å². The number of fused-ring (bicyclic) bond motifs is 5. The summed E-state index contributed by atoms with van der Waals surface area (Å²) in [4.78, 5) is 16.3. The molecule has 6 rings (SSSR count). The molecule has 3 fully saturated rings. The SMILES string of the molecule is C1CNCCN1.C=CNc1ccccn1.C[C@]12CC[C@@H]3c4ccc(OS(=O)(=O)O)cc4CC[C@H]3[C@@H]1CCC2=O. The molecular weight excluding hydrogens is 516 g/mol. The Balaban J connectivity index is 0.000000192. The Hall–Kier alpha value is -2.79. The summed E-state index contributed by atoms with van der Waals surface area (Å²) in [6.45, 7) is 10.2. The standard InChI is InChI=1S/C18H22O5S.C7H8N2.C4H10N2/c1-18-9-8-14-13-5-3-12(23-24(20,21)22)10-11(13)2-4-15(14)16(18)6-7-17(18)19;1-2-8-7-5-3-4-6-9-7;1-2-6-4-3-5-1/h3,5,10,14-16H,2,4,6-9H2,1H3,(H,20,21,22);2-6H,1H2,(H,8,9);5-6H,1-4H2/t14-,15-,16+,18+;;/m1../s1. The van der Waals surface area contributed by atoms with Gasteiger partial charge in [0.1, 0.15) is 17.4 Å². The number of piperazine rings is 1. The summed E-state index contributed by atoms with van der Waals surface area (Å²) in [5.74, 6) is 2.88. The van der Waals surface area contributed by atoms with Crippen LogP contribution in [-0.2, 0) is 21.6 Å². The first kappa shape index (κ1) is 29.2. The number of nitrogens with zero attached hydrogens (tertiary/aromatic N) is 1. The van der Waals surface area contributed by atoms with Gasteiger partial charge in [0.2, 0.25) is 0 Å². The Morgan fingerprint density at radius 2 is 1.85 bits per heavy atom. The summed E-state index contributed by atoms with van der Waals surface area (Å²) in [7, 11) is -4.49. The Morgan fingerprint density at radius 1 is 1.10 bits per heavy atom. The number of ketones is 1. The van der Waals surface area contributed by atoms with E-state index in [9.17, 15) is 13.2 Å². The number of aryl methyl sites for hydroxylation is 1. The van der Waals surface area contributed by atoms with Gasteiger partial charge < -0.3 is 20.1 Å². The van der Waals surface area contributed by atoms with Crippen molar-refractivity contribution in [2.45, 2.75) is 51.4 Å². The lowest BCUT2D eigenvalue weighted by atomic mass is 9.55. The molecule has 4 N–H and O–H groups in total. The summed E-state index contributed by atoms with van der Waals surface area (Å²) < 4.78 is 35.2. The van der Waals surface area contributed by atoms with Crippen LogP contribution in [0, 0.1) is 17.3 Å². The van der Waals surface area contributed by atoms with Crippen molar-refractivity contribution in [1.82, 2.24) is 15.6 Å². The van der Waals surface area contributed by atoms with E-state index in [0.29, 0.717) is 23.5 Å². The zero-order valence-electron chi connectivity index (χ0n) is 22.6. The lowest BCUT2D eigenvalue weighted by Gasteiger charge is -2.48. The van der Waals surface area contributed by atoms with E-state index in [2.05, 4.69) is 38.6 Å². The maximum atomic E-state index is 12.3. The van der Waals surface area contributed by atoms with Crippen molar-refractivity contribution in [3.05, 3.63) is 66.5 Å². The molecule has 2 aromatic rings. The van der Waals surface area contributed by atoms with Crippen molar-refractivity contribution in [2.75, 3.05) is 31.5 Å². The van der Waals surface area contributed by atoms with Crippen LogP contribution in [0.1, 0.15) is 56.1 Å². The highest BCUT2D eigenvalue weighted by Crippen LogP contribution is 2.59. The third-order valence-electron chi connectivity index (χ3n) is 8.48. The summed E-state index contributed by atoms with van der Waals surface area (Å²) in [5, 5.41) is 9.30. The van der Waals surface area contributed by atoms with Crippen LogP contribution in [0.2, 0.25) is 0 Å². The maximum absolute atomic E-state index is 12.3. The lowest BCUT2D eigenvalue weighted by molar-refractivity contribution is -0.129. The average molecular weight is 557 g/mol. The second kappa shape index (κ2) is 13.0. The van der Waals surface area contributed by atoms with Crippen molar-refractivity contribution >= 4 is 22.0 Å². The van der Waals surface area contributed by atoms with Crippen LogP contribution >= 0.6 is 0 Å². The molecule has 212 valence electrons. The highest BCUT2D eigenvalue weighted by Gasteiger charge is 2.54. The van der Waals surface area contributed by atoms with Crippen molar-refractivity contribution < 1.29 is 21.9 Å². The molecule has 2 heterocycles. The van der Waals surface area contributed by atoms with Gasteiger partial charge in [0.15, 0.2) is 0 Å². The number of benzene rings is 1. The van der Waals surface area contributed by atoms with E-state index in [1.54, 1.807) is 24.5 Å². The van der Waals surface area contributed by atoms with Gasteiger partial charge in [-0.2, -0.15) is 8.42 Å². The number of hydrogen-bond donors (Lipinski definition) is 4. The molecule has 4 aliphatic rings. The predicted octanol–water partition coefficient (Wildman–Crippen LogP) is 4.11. The molecule has 39 heavy (non-hydrogen) atoms. The molecule has 1 aromatic carbocycles. The molecule has 0 radical (unpaired) electrons. The number of hydrogen-bond acceptors (Lipinski definition) is 8. The monoisotopic (exact) mass is 556 g/mol. The van der Waals surface area contributed by atoms with Gasteiger partial charge in [0.25, 0.3) is 0 Å². The Bertz CT molecular complexity index is 1220. The molecule has 9 nitrogen and oxygen atoms in total. The van der Waals surface area contributed by atoms with E-state index < -0.39 is 10.4 Å². The van der Waals surface area contributed by atoms with Crippen LogP contribution in [0.4, 0.5) is 5.82 Å². The van der Waals surface area contributed by atoms with Crippen LogP contribution in [0.25, 0.3) is 0 Å². The number of carbonyl (C=O) groups excluding carboxylic acids is 1. The first-order valence-electron chi connectivity index (χ1n) is 13.7. The van der Waals surface area contributed by atoms with Crippen LogP contribution in [0.15, 0.2) is 55.4 Å². The van der Waals surface area contributed by atoms with E-state index >= 15 is 0 Å². The minimum Gasteiger partial charge on any atom is -0.362 e. The summed E-state index contributed by atoms with van der Waals surface area (Å²) in [6.07, 6.45) is 8.90. The average Bonchev–Trinajstić information content (AvgIpc) is 3.24. The van der Waals surface area contributed by atoms with Crippen LogP contribution in [0.5, 0.6) is 5.75 Å². The lowest BCUT2D eigenvalue weighted by Crippen LogP contribution is -2.42. The maximum Gasteiger partial charge on any atom is 0.446 e. The molecule has 0 spiro atoms. The fourth-order valence-corrected chi connectivity index (χ4v) is 7.01. The second-order valence-corrected chi connectivity index (χ2v) is 11.8. The Labute approximate surface area is 231 Å². The molecule has 0 amide bonds. The van der Waals surface area contributed by atoms with Crippen molar-refractivity contribution in [3.8, 4) is 5.75 Å². The molecule has 3 aliphatic carbocycles. The molecule has 10 heteroatoms. The predicted molar refractivity (Wildman–Crippen MR) is 152 cm³/mol. The Kier molecular flexibility index (Phi) is 9.76. The summed E-state index contributed by atoms with van der Waals surface area (Å²) in [5.41, 5.74) is 2.23. The smallest absolute Gasteiger partial charge is 0.362 e. The number of anilines is 1. The number of nitrogens with one attached hydrogen (secondary N) is 3. The molecule has 1 saturated heterocycles. The number of rotatable bonds is 4. The fraction of sp³-hybridized carbons (Fsp3) is 0.517. The van der Waals surface area contributed by atoms with E-state index in [-0.39, 0.29) is 11.2 Å². The zero-order chi connectivity index (χ0) is 27.9. The number of carbonyl (C=O) groups is 1. The highest BCUT2D eigenvalue weighted by molar-refractivity contribution is 7.81. The first-order chi connectivity index (χ1) is 18.7. The normalized spacial score (nSPS) is 27.2. The van der Waals surface area contributed by atoms with Crippen LogP contribution < -0.4 is 20.1 Å². The molecule has 0 unspecified atom stereocenters. The van der Waals surface area contributed by atoms with Crippen LogP contribution in [0.3, 0.4) is 0 Å². The molecule has 2 saturated carbocycles. The highest BCUT2D eigenvalue weighted by atomic mass is 32.3. The largest absolute Gasteiger partial charge is 0.446 e. The minimum atomic E-state index is -4.49. The minimum absolute atomic E-state index is 0.132. The topological polar surface area (TPSA) is 130 Å². The summed E-state index contributed by atoms with van der Waals surface area (Å²) in [6, 6.07) is 10.9. The fourth-order valence-electron chi connectivity index (χ4n) is 6.66. The molecule has 1 aromatic heterocycles. The van der Waals surface area contributed by atoms with Crippen molar-refractivity contribution in [3.63, 3.8) is 0 Å². The van der Waals surface area contributed by atoms with Crippen LogP contribution in [-0.4, -0.2) is 49.9 Å². The van der Waals surface area contributed by atoms with E-state index in [1.807, 2.05) is 24.3 Å². The quantitative estimate of drug-likeness (QED) is 0.411. The van der Waals surface area contributed by atoms with Gasteiger partial charge in [-0.1, -0.05) is 25.6 Å². The zero-order valence-corrected chi connectivity index (χ0v) is 23.4. The molecular formula is C29H40N4O5S. The van der Waals surface area contributed by atoms with E-state index in [0.717, 1.165) is 76.1 Å². The molecule has 4 atom stereocenters. The first-order valence-corrected chi connectivity index (χ1v) is 15.1. The van der Waals surface area contributed by atoms with Gasteiger partial charge in [-0.15, -0.1) is 0 Å².